The van der Waals surface area contributed by atoms with Gasteiger partial charge in [0.2, 0.25) is 0 Å². The molecule has 0 aliphatic heterocycles. The molecule has 0 heterocycles. The molecule has 16 heavy (non-hydrogen) atoms. The van der Waals surface area contributed by atoms with Gasteiger partial charge in [-0.25, -0.2) is 0 Å². The first-order chi connectivity index (χ1) is 7.61. The SMILES string of the molecule is CC(CC#N)N(C)c1cccc(Cl)c1CBr. The first-order valence-corrected chi connectivity index (χ1v) is 6.55. The Morgan fingerprint density at radius 2 is 2.25 bits per heavy atom. The monoisotopic (exact) mass is 300 g/mol. The van der Waals surface area contributed by atoms with Crippen molar-refractivity contribution in [2.75, 3.05) is 11.9 Å². The predicted octanol–water partition coefficient (Wildman–Crippen LogP) is 3.97. The molecule has 1 atom stereocenters. The second kappa shape index (κ2) is 6.12. The van der Waals surface area contributed by atoms with Crippen molar-refractivity contribution in [3.05, 3.63) is 28.8 Å². The van der Waals surface area contributed by atoms with Gasteiger partial charge in [-0.2, -0.15) is 5.26 Å². The van der Waals surface area contributed by atoms with E-state index >= 15 is 0 Å². The summed E-state index contributed by atoms with van der Waals surface area (Å²) in [5, 5.41) is 10.2. The Hall–Kier alpha value is -0.720. The van der Waals surface area contributed by atoms with Crippen molar-refractivity contribution < 1.29 is 0 Å². The highest BCUT2D eigenvalue weighted by Gasteiger charge is 2.14. The first kappa shape index (κ1) is 13.3. The summed E-state index contributed by atoms with van der Waals surface area (Å²) in [6.45, 7) is 2.03. The van der Waals surface area contributed by atoms with E-state index in [1.165, 1.54) is 0 Å². The zero-order chi connectivity index (χ0) is 12.1. The normalized spacial score (nSPS) is 11.9. The van der Waals surface area contributed by atoms with Crippen molar-refractivity contribution in [1.29, 1.82) is 5.26 Å². The van der Waals surface area contributed by atoms with E-state index < -0.39 is 0 Å². The average Bonchev–Trinajstić information content (AvgIpc) is 2.28. The van der Waals surface area contributed by atoms with E-state index in [4.69, 9.17) is 16.9 Å². The minimum atomic E-state index is 0.182. The lowest BCUT2D eigenvalue weighted by Gasteiger charge is -2.27. The number of hydrogen-bond donors (Lipinski definition) is 0. The summed E-state index contributed by atoms with van der Waals surface area (Å²) in [4.78, 5) is 2.09. The third-order valence-corrected chi connectivity index (χ3v) is 3.57. The van der Waals surface area contributed by atoms with E-state index in [0.717, 1.165) is 16.3 Å². The number of nitrogens with zero attached hydrogens (tertiary/aromatic N) is 2. The van der Waals surface area contributed by atoms with Crippen molar-refractivity contribution in [3.8, 4) is 6.07 Å². The molecule has 0 radical (unpaired) electrons. The van der Waals surface area contributed by atoms with Gasteiger partial charge in [0, 0.05) is 34.7 Å². The zero-order valence-corrected chi connectivity index (χ0v) is 11.7. The molecule has 0 aliphatic carbocycles. The smallest absolute Gasteiger partial charge is 0.0643 e. The highest BCUT2D eigenvalue weighted by atomic mass is 79.9. The van der Waals surface area contributed by atoms with Crippen LogP contribution < -0.4 is 4.90 Å². The number of halogens is 2. The number of nitriles is 1. The van der Waals surface area contributed by atoms with Crippen LogP contribution in [0.4, 0.5) is 5.69 Å². The van der Waals surface area contributed by atoms with Crippen LogP contribution in [0.25, 0.3) is 0 Å². The maximum atomic E-state index is 8.70. The fraction of sp³-hybridized carbons (Fsp3) is 0.417. The Bertz CT molecular complexity index is 400. The largest absolute Gasteiger partial charge is 0.371 e. The fourth-order valence-electron chi connectivity index (χ4n) is 1.52. The van der Waals surface area contributed by atoms with Crippen molar-refractivity contribution in [3.63, 3.8) is 0 Å². The van der Waals surface area contributed by atoms with Crippen LogP contribution in [0.15, 0.2) is 18.2 Å². The topological polar surface area (TPSA) is 27.0 Å². The average molecular weight is 302 g/mol. The van der Waals surface area contributed by atoms with Gasteiger partial charge in [0.25, 0.3) is 0 Å². The number of hydrogen-bond acceptors (Lipinski definition) is 2. The van der Waals surface area contributed by atoms with Crippen molar-refractivity contribution in [2.24, 2.45) is 0 Å². The van der Waals surface area contributed by atoms with Gasteiger partial charge in [0.15, 0.2) is 0 Å². The van der Waals surface area contributed by atoms with E-state index in [-0.39, 0.29) is 6.04 Å². The number of rotatable bonds is 4. The summed E-state index contributed by atoms with van der Waals surface area (Å²) in [6.07, 6.45) is 0.505. The fourth-order valence-corrected chi connectivity index (χ4v) is 2.50. The van der Waals surface area contributed by atoms with Crippen molar-refractivity contribution in [1.82, 2.24) is 0 Å². The molecule has 0 saturated heterocycles. The van der Waals surface area contributed by atoms with Crippen LogP contribution in [0.2, 0.25) is 5.02 Å². The molecule has 0 fully saturated rings. The van der Waals surface area contributed by atoms with E-state index in [2.05, 4.69) is 26.9 Å². The summed E-state index contributed by atoms with van der Waals surface area (Å²) in [5.74, 6) is 0. The third-order valence-electron chi connectivity index (χ3n) is 2.66. The van der Waals surface area contributed by atoms with E-state index in [9.17, 15) is 0 Å². The maximum absolute atomic E-state index is 8.70. The molecule has 0 amide bonds. The molecule has 86 valence electrons. The van der Waals surface area contributed by atoms with Gasteiger partial charge < -0.3 is 4.90 Å². The lowest BCUT2D eigenvalue weighted by atomic mass is 10.1. The Kier molecular flexibility index (Phi) is 5.11. The van der Waals surface area contributed by atoms with Gasteiger partial charge in [-0.1, -0.05) is 33.6 Å². The number of anilines is 1. The predicted molar refractivity (Wildman–Crippen MR) is 72.2 cm³/mol. The zero-order valence-electron chi connectivity index (χ0n) is 9.37. The quantitative estimate of drug-likeness (QED) is 0.787. The molecule has 1 aromatic rings. The van der Waals surface area contributed by atoms with Gasteiger partial charge in [-0.15, -0.1) is 0 Å². The summed E-state index contributed by atoms with van der Waals surface area (Å²) in [6, 6.07) is 8.20. The Labute approximate surface area is 110 Å². The van der Waals surface area contributed by atoms with Crippen LogP contribution in [-0.4, -0.2) is 13.1 Å². The van der Waals surface area contributed by atoms with E-state index in [1.54, 1.807) is 0 Å². The molecule has 1 aromatic carbocycles. The van der Waals surface area contributed by atoms with Crippen LogP contribution in [0, 0.1) is 11.3 Å². The van der Waals surface area contributed by atoms with Crippen LogP contribution in [0.1, 0.15) is 18.9 Å². The highest BCUT2D eigenvalue weighted by Crippen LogP contribution is 2.30. The summed E-state index contributed by atoms with van der Waals surface area (Å²) >= 11 is 9.57. The summed E-state index contributed by atoms with van der Waals surface area (Å²) in [5.41, 5.74) is 2.14. The molecule has 0 aromatic heterocycles. The standard InChI is InChI=1S/C12H14BrClN2/c1-9(6-7-15)16(2)12-5-3-4-11(14)10(12)8-13/h3-5,9H,6,8H2,1-2H3. The third kappa shape index (κ3) is 2.90. The van der Waals surface area contributed by atoms with E-state index in [0.29, 0.717) is 11.8 Å². The van der Waals surface area contributed by atoms with Crippen LogP contribution in [-0.2, 0) is 5.33 Å². The molecule has 1 rings (SSSR count). The Balaban J connectivity index is 3.04. The van der Waals surface area contributed by atoms with Gasteiger partial charge >= 0.3 is 0 Å². The van der Waals surface area contributed by atoms with Crippen molar-refractivity contribution >= 4 is 33.2 Å². The number of benzene rings is 1. The molecule has 0 spiro atoms. The first-order valence-electron chi connectivity index (χ1n) is 5.05. The van der Waals surface area contributed by atoms with Gasteiger partial charge in [0.1, 0.15) is 0 Å². The van der Waals surface area contributed by atoms with Gasteiger partial charge in [-0.3, -0.25) is 0 Å². The molecule has 0 saturated carbocycles. The Morgan fingerprint density at radius 3 is 2.81 bits per heavy atom. The molecule has 0 aliphatic rings. The minimum Gasteiger partial charge on any atom is -0.371 e. The van der Waals surface area contributed by atoms with Gasteiger partial charge in [-0.05, 0) is 19.1 Å². The highest BCUT2D eigenvalue weighted by molar-refractivity contribution is 9.08. The molecule has 1 unspecified atom stereocenters. The lowest BCUT2D eigenvalue weighted by molar-refractivity contribution is 0.701. The second-order valence-corrected chi connectivity index (χ2v) is 4.66. The van der Waals surface area contributed by atoms with Crippen molar-refractivity contribution in [2.45, 2.75) is 24.7 Å². The van der Waals surface area contributed by atoms with Crippen LogP contribution >= 0.6 is 27.5 Å². The summed E-state index contributed by atoms with van der Waals surface area (Å²) in [7, 11) is 1.99. The van der Waals surface area contributed by atoms with Gasteiger partial charge in [0.05, 0.1) is 12.5 Å². The molecular weight excluding hydrogens is 288 g/mol. The molecular formula is C12H14BrClN2. The minimum absolute atomic E-state index is 0.182. The molecule has 0 N–H and O–H groups in total. The molecule has 2 nitrogen and oxygen atoms in total. The second-order valence-electron chi connectivity index (χ2n) is 3.69. The summed E-state index contributed by atoms with van der Waals surface area (Å²) < 4.78 is 0. The van der Waals surface area contributed by atoms with Crippen LogP contribution in [0.3, 0.4) is 0 Å². The number of alkyl halides is 1. The molecule has 0 bridgehead atoms. The Morgan fingerprint density at radius 1 is 1.56 bits per heavy atom. The van der Waals surface area contributed by atoms with Crippen LogP contribution in [0.5, 0.6) is 0 Å². The van der Waals surface area contributed by atoms with E-state index in [1.807, 2.05) is 32.2 Å². The maximum Gasteiger partial charge on any atom is 0.0643 e. The lowest BCUT2D eigenvalue weighted by Crippen LogP contribution is -2.29. The molecule has 4 heteroatoms.